The number of aromatic nitrogens is 2. The Morgan fingerprint density at radius 1 is 1.08 bits per heavy atom. The first-order valence-corrected chi connectivity index (χ1v) is 9.03. The van der Waals surface area contributed by atoms with E-state index in [9.17, 15) is 4.79 Å². The molecule has 1 amide bonds. The zero-order valence-corrected chi connectivity index (χ0v) is 16.0. The van der Waals surface area contributed by atoms with E-state index in [4.69, 9.17) is 18.6 Å². The topological polar surface area (TPSA) is 86.9 Å². The van der Waals surface area contributed by atoms with E-state index in [1.807, 2.05) is 24.3 Å². The summed E-state index contributed by atoms with van der Waals surface area (Å²) in [5, 5.41) is 8.36. The summed E-state index contributed by atoms with van der Waals surface area (Å²) in [6.45, 7) is 1.98. The third-order valence-electron chi connectivity index (χ3n) is 3.55. The molecule has 0 saturated carbocycles. The number of amides is 1. The summed E-state index contributed by atoms with van der Waals surface area (Å²) in [6, 6.07) is 7.31. The van der Waals surface area contributed by atoms with Crippen molar-refractivity contribution in [2.75, 3.05) is 53.4 Å². The summed E-state index contributed by atoms with van der Waals surface area (Å²) in [6.07, 6.45) is 0. The number of rotatable bonds is 11. The maximum absolute atomic E-state index is 12.4. The molecular weight excluding hydrogens is 358 g/mol. The minimum atomic E-state index is -0.0340. The van der Waals surface area contributed by atoms with Crippen LogP contribution in [0.5, 0.6) is 5.75 Å². The zero-order valence-electron chi connectivity index (χ0n) is 15.1. The van der Waals surface area contributed by atoms with Crippen LogP contribution in [0.2, 0.25) is 0 Å². The normalized spacial score (nSPS) is 10.7. The number of carbonyl (C=O) groups is 1. The first-order valence-electron chi connectivity index (χ1n) is 8.04. The van der Waals surface area contributed by atoms with E-state index in [1.165, 1.54) is 11.8 Å². The molecule has 1 aromatic heterocycles. The Bertz CT molecular complexity index is 669. The van der Waals surface area contributed by atoms with Gasteiger partial charge in [-0.25, -0.2) is 0 Å². The molecule has 26 heavy (non-hydrogen) atoms. The van der Waals surface area contributed by atoms with Gasteiger partial charge in [0.15, 0.2) is 0 Å². The standard InChI is InChI=1S/C17H23N3O5S/c1-22-10-8-20(9-11-23-2)15(21)12-26-17-19-18-16(25-17)13-4-6-14(24-3)7-5-13/h4-7H,8-12H2,1-3H3. The highest BCUT2D eigenvalue weighted by molar-refractivity contribution is 7.99. The second-order valence-electron chi connectivity index (χ2n) is 5.26. The molecule has 1 aromatic carbocycles. The quantitative estimate of drug-likeness (QED) is 0.546. The predicted molar refractivity (Wildman–Crippen MR) is 97.3 cm³/mol. The van der Waals surface area contributed by atoms with Crippen LogP contribution in [0.25, 0.3) is 11.5 Å². The minimum Gasteiger partial charge on any atom is -0.497 e. The van der Waals surface area contributed by atoms with E-state index in [-0.39, 0.29) is 11.7 Å². The highest BCUT2D eigenvalue weighted by Gasteiger charge is 2.16. The van der Waals surface area contributed by atoms with Crippen molar-refractivity contribution in [2.45, 2.75) is 5.22 Å². The average Bonchev–Trinajstić information content (AvgIpc) is 3.15. The maximum atomic E-state index is 12.4. The van der Waals surface area contributed by atoms with Gasteiger partial charge in [0.1, 0.15) is 5.75 Å². The van der Waals surface area contributed by atoms with E-state index in [2.05, 4.69) is 10.2 Å². The molecule has 0 aliphatic rings. The van der Waals surface area contributed by atoms with Crippen LogP contribution in [0.15, 0.2) is 33.9 Å². The molecule has 0 aliphatic carbocycles. The number of hydrogen-bond donors (Lipinski definition) is 0. The molecular formula is C17H23N3O5S. The summed E-state index contributed by atoms with van der Waals surface area (Å²) in [5.41, 5.74) is 0.790. The molecule has 0 N–H and O–H groups in total. The largest absolute Gasteiger partial charge is 0.497 e. The monoisotopic (exact) mass is 381 g/mol. The highest BCUT2D eigenvalue weighted by atomic mass is 32.2. The van der Waals surface area contributed by atoms with Crippen molar-refractivity contribution >= 4 is 17.7 Å². The lowest BCUT2D eigenvalue weighted by Gasteiger charge is -2.21. The van der Waals surface area contributed by atoms with Crippen LogP contribution in [0.4, 0.5) is 0 Å². The van der Waals surface area contributed by atoms with E-state index >= 15 is 0 Å². The third kappa shape index (κ3) is 6.01. The molecule has 1 heterocycles. The number of carbonyl (C=O) groups excluding carboxylic acids is 1. The van der Waals surface area contributed by atoms with Crippen LogP contribution < -0.4 is 4.74 Å². The van der Waals surface area contributed by atoms with Crippen LogP contribution in [0.1, 0.15) is 0 Å². The van der Waals surface area contributed by atoms with Gasteiger partial charge in [0.25, 0.3) is 5.22 Å². The van der Waals surface area contributed by atoms with Gasteiger partial charge >= 0.3 is 0 Å². The van der Waals surface area contributed by atoms with Crippen molar-refractivity contribution in [3.05, 3.63) is 24.3 Å². The highest BCUT2D eigenvalue weighted by Crippen LogP contribution is 2.25. The number of nitrogens with zero attached hydrogens (tertiary/aromatic N) is 3. The van der Waals surface area contributed by atoms with E-state index in [1.54, 1.807) is 26.2 Å². The van der Waals surface area contributed by atoms with Gasteiger partial charge in [0.2, 0.25) is 11.8 Å². The van der Waals surface area contributed by atoms with E-state index in [0.29, 0.717) is 37.4 Å². The molecule has 9 heteroatoms. The van der Waals surface area contributed by atoms with Crippen molar-refractivity contribution < 1.29 is 23.4 Å². The SMILES string of the molecule is COCCN(CCOC)C(=O)CSc1nnc(-c2ccc(OC)cc2)o1. The molecule has 0 radical (unpaired) electrons. The van der Waals surface area contributed by atoms with Gasteiger partial charge in [-0.15, -0.1) is 10.2 Å². The molecule has 0 aliphatic heterocycles. The number of methoxy groups -OCH3 is 3. The Hall–Kier alpha value is -2.10. The Morgan fingerprint density at radius 2 is 1.73 bits per heavy atom. The van der Waals surface area contributed by atoms with Gasteiger partial charge in [0, 0.05) is 32.9 Å². The van der Waals surface area contributed by atoms with Gasteiger partial charge in [-0.05, 0) is 24.3 Å². The molecule has 142 valence electrons. The molecule has 0 bridgehead atoms. The minimum absolute atomic E-state index is 0.0340. The number of hydrogen-bond acceptors (Lipinski definition) is 8. The second kappa shape index (κ2) is 10.8. The fourth-order valence-electron chi connectivity index (χ4n) is 2.10. The summed E-state index contributed by atoms with van der Waals surface area (Å²) in [5.74, 6) is 1.32. The first kappa shape index (κ1) is 20.2. The molecule has 2 rings (SSSR count). The fourth-order valence-corrected chi connectivity index (χ4v) is 2.76. The third-order valence-corrected chi connectivity index (χ3v) is 4.35. The summed E-state index contributed by atoms with van der Waals surface area (Å²) >= 11 is 1.21. The van der Waals surface area contributed by atoms with Crippen LogP contribution >= 0.6 is 11.8 Å². The smallest absolute Gasteiger partial charge is 0.277 e. The maximum Gasteiger partial charge on any atom is 0.277 e. The van der Waals surface area contributed by atoms with Gasteiger partial charge in [-0.2, -0.15) is 0 Å². The van der Waals surface area contributed by atoms with Crippen molar-refractivity contribution in [1.82, 2.24) is 15.1 Å². The lowest BCUT2D eigenvalue weighted by molar-refractivity contribution is -0.129. The van der Waals surface area contributed by atoms with Crippen molar-refractivity contribution in [3.8, 4) is 17.2 Å². The summed E-state index contributed by atoms with van der Waals surface area (Å²) in [7, 11) is 4.82. The molecule has 0 saturated heterocycles. The molecule has 0 spiro atoms. The second-order valence-corrected chi connectivity index (χ2v) is 6.18. The Morgan fingerprint density at radius 3 is 2.31 bits per heavy atom. The van der Waals surface area contributed by atoms with E-state index in [0.717, 1.165) is 11.3 Å². The molecule has 8 nitrogen and oxygen atoms in total. The molecule has 0 fully saturated rings. The van der Waals surface area contributed by atoms with Crippen LogP contribution in [-0.4, -0.2) is 74.4 Å². The van der Waals surface area contributed by atoms with Crippen molar-refractivity contribution in [1.29, 1.82) is 0 Å². The predicted octanol–water partition coefficient (Wildman–Crippen LogP) is 1.96. The number of ether oxygens (including phenoxy) is 3. The van der Waals surface area contributed by atoms with Crippen LogP contribution in [0.3, 0.4) is 0 Å². The van der Waals surface area contributed by atoms with Gasteiger partial charge in [0.05, 0.1) is 26.1 Å². The molecule has 0 unspecified atom stereocenters. The Kier molecular flexibility index (Phi) is 8.39. The molecule has 2 aromatic rings. The fraction of sp³-hybridized carbons (Fsp3) is 0.471. The summed E-state index contributed by atoms with van der Waals surface area (Å²) in [4.78, 5) is 14.1. The van der Waals surface area contributed by atoms with Gasteiger partial charge in [-0.3, -0.25) is 4.79 Å². The average molecular weight is 381 g/mol. The van der Waals surface area contributed by atoms with Crippen molar-refractivity contribution in [3.63, 3.8) is 0 Å². The van der Waals surface area contributed by atoms with Crippen molar-refractivity contribution in [2.24, 2.45) is 0 Å². The number of thioether (sulfide) groups is 1. The molecule has 0 atom stereocenters. The lowest BCUT2D eigenvalue weighted by atomic mass is 10.2. The lowest BCUT2D eigenvalue weighted by Crippen LogP contribution is -2.37. The Balaban J connectivity index is 1.91. The zero-order chi connectivity index (χ0) is 18.8. The van der Waals surface area contributed by atoms with Crippen LogP contribution in [-0.2, 0) is 14.3 Å². The number of benzene rings is 1. The van der Waals surface area contributed by atoms with Crippen LogP contribution in [0, 0.1) is 0 Å². The Labute approximate surface area is 156 Å². The summed E-state index contributed by atoms with van der Waals surface area (Å²) < 4.78 is 20.8. The van der Waals surface area contributed by atoms with Gasteiger partial charge in [-0.1, -0.05) is 11.8 Å². The first-order chi connectivity index (χ1) is 12.7. The van der Waals surface area contributed by atoms with E-state index < -0.39 is 0 Å². The van der Waals surface area contributed by atoms with Gasteiger partial charge < -0.3 is 23.5 Å².